The second kappa shape index (κ2) is 18.4. The highest BCUT2D eigenvalue weighted by Crippen LogP contribution is 2.39. The number of ether oxygens (including phenoxy) is 5. The highest BCUT2D eigenvalue weighted by atomic mass is 16.5. The highest BCUT2D eigenvalue weighted by molar-refractivity contribution is 5.73. The predicted octanol–water partition coefficient (Wildman–Crippen LogP) is 9.57. The van der Waals surface area contributed by atoms with Crippen LogP contribution in [0.25, 0.3) is 18.2 Å². The Hall–Kier alpha value is -3.28. The van der Waals surface area contributed by atoms with Crippen LogP contribution in [0, 0.1) is 5.92 Å². The number of methoxy groups -OCH3 is 3. The van der Waals surface area contributed by atoms with Crippen molar-refractivity contribution in [3.8, 4) is 17.2 Å². The minimum atomic E-state index is -0.0735. The molecule has 0 N–H and O–H groups in total. The molecule has 0 aliphatic heterocycles. The molecule has 1 aliphatic rings. The molecular weight excluding hydrogens is 536 g/mol. The first kappa shape index (κ1) is 34.2. The van der Waals surface area contributed by atoms with Gasteiger partial charge in [0.2, 0.25) is 5.75 Å². The monoisotopic (exact) mass is 588 g/mol. The number of unbranched alkanes of at least 4 members (excludes halogenated alkanes) is 1. The second-order valence-electron chi connectivity index (χ2n) is 11.0. The summed E-state index contributed by atoms with van der Waals surface area (Å²) >= 11 is 0. The maximum Gasteiger partial charge on any atom is 0.203 e. The third-order valence-electron chi connectivity index (χ3n) is 7.92. The Bertz CT molecular complexity index is 1210. The molecule has 2 aromatic carbocycles. The van der Waals surface area contributed by atoms with Gasteiger partial charge in [-0.1, -0.05) is 102 Å². The van der Waals surface area contributed by atoms with Gasteiger partial charge < -0.3 is 23.7 Å². The summed E-state index contributed by atoms with van der Waals surface area (Å²) in [5.41, 5.74) is 5.65. The Morgan fingerprint density at radius 2 is 1.42 bits per heavy atom. The van der Waals surface area contributed by atoms with Crippen molar-refractivity contribution >= 4 is 18.2 Å². The molecule has 1 aliphatic carbocycles. The zero-order chi connectivity index (χ0) is 31.0. The maximum absolute atomic E-state index is 6.24. The van der Waals surface area contributed by atoms with Crippen molar-refractivity contribution in [2.24, 2.45) is 5.92 Å². The van der Waals surface area contributed by atoms with Gasteiger partial charge in [0.1, 0.15) is 12.2 Å². The Kier molecular flexibility index (Phi) is 14.6. The highest BCUT2D eigenvalue weighted by Gasteiger charge is 2.26. The van der Waals surface area contributed by atoms with Crippen molar-refractivity contribution in [2.45, 2.75) is 78.4 Å². The predicted molar refractivity (Wildman–Crippen MR) is 180 cm³/mol. The van der Waals surface area contributed by atoms with Crippen molar-refractivity contribution < 1.29 is 23.7 Å². The molecule has 2 aromatic rings. The fourth-order valence-electron chi connectivity index (χ4n) is 5.22. The van der Waals surface area contributed by atoms with Crippen molar-refractivity contribution in [1.82, 2.24) is 0 Å². The van der Waals surface area contributed by atoms with E-state index in [4.69, 9.17) is 23.7 Å². The van der Waals surface area contributed by atoms with E-state index in [-0.39, 0.29) is 12.2 Å². The molecule has 5 nitrogen and oxygen atoms in total. The first-order valence-electron chi connectivity index (χ1n) is 15.9. The van der Waals surface area contributed by atoms with Gasteiger partial charge in [0, 0.05) is 13.7 Å². The van der Waals surface area contributed by atoms with Gasteiger partial charge in [-0.2, -0.15) is 0 Å². The van der Waals surface area contributed by atoms with Crippen LogP contribution in [0.5, 0.6) is 17.2 Å². The van der Waals surface area contributed by atoms with Crippen LogP contribution in [0.2, 0.25) is 0 Å². The summed E-state index contributed by atoms with van der Waals surface area (Å²) in [6.07, 6.45) is 19.4. The maximum atomic E-state index is 6.24. The lowest BCUT2D eigenvalue weighted by atomic mass is 9.92. The molecule has 5 heteroatoms. The third-order valence-corrected chi connectivity index (χ3v) is 7.92. The molecule has 0 fully saturated rings. The van der Waals surface area contributed by atoms with E-state index in [0.29, 0.717) is 29.8 Å². The fourth-order valence-corrected chi connectivity index (χ4v) is 5.22. The van der Waals surface area contributed by atoms with Gasteiger partial charge in [-0.15, -0.1) is 0 Å². The van der Waals surface area contributed by atoms with Crippen LogP contribution in [0.1, 0.15) is 82.9 Å². The molecule has 3 rings (SSSR count). The van der Waals surface area contributed by atoms with E-state index in [9.17, 15) is 0 Å². The van der Waals surface area contributed by atoms with Crippen LogP contribution >= 0.6 is 0 Å². The number of hydrogen-bond donors (Lipinski definition) is 0. The smallest absolute Gasteiger partial charge is 0.203 e. The quantitative estimate of drug-likeness (QED) is 0.162. The van der Waals surface area contributed by atoms with E-state index in [2.05, 4.69) is 88.4 Å². The largest absolute Gasteiger partial charge is 0.493 e. The first-order valence-corrected chi connectivity index (χ1v) is 15.9. The summed E-state index contributed by atoms with van der Waals surface area (Å²) in [4.78, 5) is 0. The van der Waals surface area contributed by atoms with Crippen LogP contribution in [0.3, 0.4) is 0 Å². The third kappa shape index (κ3) is 10.1. The SMILES string of the molecule is CCCCC(CC)COc1c(OC)cc(/C=C/c2ccc(/C=C/C3=CC(OC)C(OCCC)C(CC)=C3)cc2)cc1OC. The Balaban J connectivity index is 1.69. The van der Waals surface area contributed by atoms with Crippen LogP contribution in [0.4, 0.5) is 0 Å². The van der Waals surface area contributed by atoms with Crippen LogP contribution in [0.15, 0.2) is 65.8 Å². The van der Waals surface area contributed by atoms with Gasteiger partial charge in [-0.25, -0.2) is 0 Å². The van der Waals surface area contributed by atoms with Gasteiger partial charge in [0.15, 0.2) is 11.5 Å². The van der Waals surface area contributed by atoms with Crippen molar-refractivity contribution in [3.63, 3.8) is 0 Å². The molecule has 0 heterocycles. The number of benzene rings is 2. The lowest BCUT2D eigenvalue weighted by Crippen LogP contribution is -2.33. The molecule has 0 spiro atoms. The average molecular weight is 589 g/mol. The summed E-state index contributed by atoms with van der Waals surface area (Å²) in [7, 11) is 5.10. The summed E-state index contributed by atoms with van der Waals surface area (Å²) < 4.78 is 29.5. The van der Waals surface area contributed by atoms with Crippen LogP contribution < -0.4 is 14.2 Å². The van der Waals surface area contributed by atoms with E-state index in [1.54, 1.807) is 21.3 Å². The zero-order valence-corrected chi connectivity index (χ0v) is 27.4. The minimum absolute atomic E-state index is 0.00852. The van der Waals surface area contributed by atoms with Crippen LogP contribution in [-0.4, -0.2) is 46.8 Å². The van der Waals surface area contributed by atoms with Gasteiger partial charge in [0.25, 0.3) is 0 Å². The summed E-state index contributed by atoms with van der Waals surface area (Å²) in [6, 6.07) is 12.5. The second-order valence-corrected chi connectivity index (χ2v) is 11.0. The van der Waals surface area contributed by atoms with Gasteiger partial charge in [0.05, 0.1) is 20.8 Å². The minimum Gasteiger partial charge on any atom is -0.493 e. The van der Waals surface area contributed by atoms with Gasteiger partial charge >= 0.3 is 0 Å². The van der Waals surface area contributed by atoms with Crippen molar-refractivity contribution in [3.05, 3.63) is 82.5 Å². The average Bonchev–Trinajstić information content (AvgIpc) is 3.05. The summed E-state index contributed by atoms with van der Waals surface area (Å²) in [5, 5.41) is 0. The van der Waals surface area contributed by atoms with Crippen molar-refractivity contribution in [1.29, 1.82) is 0 Å². The van der Waals surface area contributed by atoms with Gasteiger partial charge in [-0.05, 0) is 71.2 Å². The fraction of sp³-hybridized carbons (Fsp3) is 0.474. The zero-order valence-electron chi connectivity index (χ0n) is 27.4. The number of hydrogen-bond acceptors (Lipinski definition) is 5. The van der Waals surface area contributed by atoms with E-state index in [0.717, 1.165) is 48.1 Å². The number of rotatable bonds is 18. The Morgan fingerprint density at radius 1 is 0.791 bits per heavy atom. The molecule has 43 heavy (non-hydrogen) atoms. The molecule has 234 valence electrons. The Labute approximate surface area is 260 Å². The first-order chi connectivity index (χ1) is 21.0. The van der Waals surface area contributed by atoms with E-state index < -0.39 is 0 Å². The van der Waals surface area contributed by atoms with Crippen LogP contribution in [-0.2, 0) is 9.47 Å². The molecule has 0 aromatic heterocycles. The topological polar surface area (TPSA) is 46.2 Å². The molecular formula is C38H52O5. The summed E-state index contributed by atoms with van der Waals surface area (Å²) in [6.45, 7) is 10.1. The van der Waals surface area contributed by atoms with E-state index in [1.165, 1.54) is 24.8 Å². The van der Waals surface area contributed by atoms with E-state index >= 15 is 0 Å². The van der Waals surface area contributed by atoms with Crippen molar-refractivity contribution in [2.75, 3.05) is 34.5 Å². The standard InChI is InChI=1S/C38H52O5/c1-8-12-13-28(10-3)27-43-38-35(40-6)25-32(26-36(38)41-7)21-19-30-16-14-29(15-17-30)18-20-31-23-33(11-4)37(42-22-9-2)34(24-31)39-5/h14-21,23-26,28,34,37H,8-13,22,27H2,1-7H3/b20-18+,21-19+. The molecule has 3 atom stereocenters. The van der Waals surface area contributed by atoms with E-state index in [1.807, 2.05) is 12.1 Å². The normalized spacial score (nSPS) is 17.7. The number of allylic oxidation sites excluding steroid dienone is 3. The molecule has 0 amide bonds. The molecule has 0 bridgehead atoms. The molecule has 0 saturated heterocycles. The molecule has 0 saturated carbocycles. The lowest BCUT2D eigenvalue weighted by Gasteiger charge is -2.29. The molecule has 3 unspecified atom stereocenters. The summed E-state index contributed by atoms with van der Waals surface area (Å²) in [5.74, 6) is 2.56. The van der Waals surface area contributed by atoms with Gasteiger partial charge in [-0.3, -0.25) is 0 Å². The molecule has 0 radical (unpaired) electrons. The Morgan fingerprint density at radius 3 is 1.95 bits per heavy atom. The lowest BCUT2D eigenvalue weighted by molar-refractivity contribution is -0.0181.